The zero-order valence-corrected chi connectivity index (χ0v) is 18.3. The predicted molar refractivity (Wildman–Crippen MR) is 114 cm³/mol. The number of ether oxygens (including phenoxy) is 2. The number of quaternary nitrogens is 1. The van der Waals surface area contributed by atoms with Crippen LogP contribution in [0.3, 0.4) is 0 Å². The maximum Gasteiger partial charge on any atom is 0.337 e. The highest BCUT2D eigenvalue weighted by atomic mass is 32.1. The lowest BCUT2D eigenvalue weighted by atomic mass is 9.95. The molecule has 0 saturated carbocycles. The van der Waals surface area contributed by atoms with Crippen LogP contribution < -0.4 is 15.0 Å². The predicted octanol–water partition coefficient (Wildman–Crippen LogP) is 1.19. The molecule has 1 aliphatic rings. The summed E-state index contributed by atoms with van der Waals surface area (Å²) in [5.74, 6) is 0.213. The Balaban J connectivity index is 2.32. The highest BCUT2D eigenvalue weighted by Gasteiger charge is 2.34. The van der Waals surface area contributed by atoms with Gasteiger partial charge >= 0.3 is 5.97 Å². The van der Waals surface area contributed by atoms with E-state index >= 15 is 0 Å². The first-order valence-corrected chi connectivity index (χ1v) is 10.2. The van der Waals surface area contributed by atoms with Gasteiger partial charge in [0.1, 0.15) is 11.8 Å². The maximum absolute atomic E-state index is 12.6. The third-order valence-corrected chi connectivity index (χ3v) is 5.55. The quantitative estimate of drug-likeness (QED) is 0.462. The Morgan fingerprint density at radius 1 is 1.31 bits per heavy atom. The van der Waals surface area contributed by atoms with Gasteiger partial charge in [-0.3, -0.25) is 0 Å². The van der Waals surface area contributed by atoms with E-state index in [-0.39, 0.29) is 12.6 Å². The largest absolute Gasteiger partial charge is 0.479 e. The summed E-state index contributed by atoms with van der Waals surface area (Å²) in [7, 11) is 1.38. The zero-order chi connectivity index (χ0) is 21.4. The lowest BCUT2D eigenvalue weighted by molar-refractivity contribution is -0.895. The Bertz CT molecular complexity index is 797. The average molecular weight is 418 g/mol. The van der Waals surface area contributed by atoms with Gasteiger partial charge < -0.3 is 24.6 Å². The number of rotatable bonds is 9. The smallest absolute Gasteiger partial charge is 0.337 e. The number of carbonyl (C=O) groups is 1. The van der Waals surface area contributed by atoms with Gasteiger partial charge in [-0.1, -0.05) is 12.1 Å². The van der Waals surface area contributed by atoms with Gasteiger partial charge in [-0.15, -0.1) is 0 Å². The molecule has 1 aromatic carbocycles. The monoisotopic (exact) mass is 417 g/mol. The number of nitrogens with one attached hydrogen (secondary N) is 2. The third kappa shape index (κ3) is 5.46. The lowest BCUT2D eigenvalue weighted by Crippen LogP contribution is -3.12. The van der Waals surface area contributed by atoms with Crippen LogP contribution in [0.4, 0.5) is 0 Å². The Morgan fingerprint density at radius 2 is 1.97 bits per heavy atom. The molecule has 1 atom stereocenters. The van der Waals surface area contributed by atoms with Gasteiger partial charge in [0.2, 0.25) is 0 Å². The van der Waals surface area contributed by atoms with Crippen LogP contribution in [0, 0.1) is 11.3 Å². The van der Waals surface area contributed by atoms with Gasteiger partial charge in [-0.2, -0.15) is 5.26 Å². The van der Waals surface area contributed by atoms with Gasteiger partial charge in [-0.25, -0.2) is 4.79 Å². The van der Waals surface area contributed by atoms with E-state index in [1.807, 2.05) is 30.0 Å². The summed E-state index contributed by atoms with van der Waals surface area (Å²) in [5.41, 5.74) is 2.22. The molecule has 0 spiro atoms. The van der Waals surface area contributed by atoms with Crippen molar-refractivity contribution in [1.82, 2.24) is 10.2 Å². The molecule has 8 heteroatoms. The number of likely N-dealkylation sites (N-methyl/N-ethyl adjacent to an activating group) is 1. The number of nitriles is 1. The highest BCUT2D eigenvalue weighted by Crippen LogP contribution is 2.32. The van der Waals surface area contributed by atoms with Gasteiger partial charge in [0.25, 0.3) is 0 Å². The topological polar surface area (TPSA) is 79.0 Å². The van der Waals surface area contributed by atoms with Crippen molar-refractivity contribution in [2.45, 2.75) is 26.8 Å². The molecule has 7 nitrogen and oxygen atoms in total. The molecule has 0 amide bonds. The molecule has 1 aliphatic heterocycles. The Morgan fingerprint density at radius 3 is 2.52 bits per heavy atom. The van der Waals surface area contributed by atoms with Gasteiger partial charge in [0.05, 0.1) is 44.9 Å². The van der Waals surface area contributed by atoms with Crippen molar-refractivity contribution in [2.75, 3.05) is 39.9 Å². The molecule has 0 radical (unpaired) electrons. The minimum Gasteiger partial charge on any atom is -0.479 e. The lowest BCUT2D eigenvalue weighted by Gasteiger charge is -2.37. The number of nitrogens with zero attached hydrogens (tertiary/aromatic N) is 2. The first kappa shape index (κ1) is 22.7. The van der Waals surface area contributed by atoms with E-state index in [1.165, 1.54) is 12.0 Å². The number of benzene rings is 1. The number of hydrogen-bond acceptors (Lipinski definition) is 5. The normalized spacial score (nSPS) is 16.5. The number of allylic oxidation sites excluding steroid dienone is 1. The fraction of sp³-hybridized carbons (Fsp3) is 0.476. The van der Waals surface area contributed by atoms with Crippen molar-refractivity contribution in [3.05, 3.63) is 41.1 Å². The summed E-state index contributed by atoms with van der Waals surface area (Å²) < 4.78 is 10.4. The summed E-state index contributed by atoms with van der Waals surface area (Å²) in [6, 6.07) is 8.81. The van der Waals surface area contributed by atoms with Crippen LogP contribution in [0.25, 0.3) is 0 Å². The molecule has 0 fully saturated rings. The van der Waals surface area contributed by atoms with E-state index in [2.05, 4.69) is 19.2 Å². The Labute approximate surface area is 177 Å². The van der Waals surface area contributed by atoms with Gasteiger partial charge in [-0.05, 0) is 50.7 Å². The van der Waals surface area contributed by atoms with Crippen LogP contribution in [0.2, 0.25) is 0 Å². The average Bonchev–Trinajstić information content (AvgIpc) is 2.74. The van der Waals surface area contributed by atoms with Crippen LogP contribution in [0.5, 0.6) is 5.75 Å². The second-order valence-corrected chi connectivity index (χ2v) is 7.13. The van der Waals surface area contributed by atoms with Crippen molar-refractivity contribution in [3.8, 4) is 11.8 Å². The van der Waals surface area contributed by atoms with Gasteiger partial charge in [0.15, 0.2) is 11.7 Å². The molecular weight excluding hydrogens is 388 g/mol. The summed E-state index contributed by atoms with van der Waals surface area (Å²) >= 11 is 5.62. The van der Waals surface area contributed by atoms with E-state index in [9.17, 15) is 4.79 Å². The summed E-state index contributed by atoms with van der Waals surface area (Å²) in [5, 5.41) is 12.5. The number of hydrogen-bond donors (Lipinski definition) is 2. The van der Waals surface area contributed by atoms with E-state index in [4.69, 9.17) is 27.0 Å². The molecule has 0 saturated heterocycles. The number of carbonyl (C=O) groups excluding carboxylic acids is 1. The molecule has 29 heavy (non-hydrogen) atoms. The van der Waals surface area contributed by atoms with Crippen molar-refractivity contribution >= 4 is 23.3 Å². The Hall–Kier alpha value is -2.63. The fourth-order valence-electron chi connectivity index (χ4n) is 3.42. The molecule has 2 N–H and O–H groups in total. The van der Waals surface area contributed by atoms with E-state index in [0.717, 1.165) is 37.4 Å². The molecule has 0 aliphatic carbocycles. The third-order valence-electron chi connectivity index (χ3n) is 5.21. The maximum atomic E-state index is 12.6. The zero-order valence-electron chi connectivity index (χ0n) is 17.4. The van der Waals surface area contributed by atoms with Crippen molar-refractivity contribution in [3.63, 3.8) is 0 Å². The summed E-state index contributed by atoms with van der Waals surface area (Å²) in [6.07, 6.45) is 0. The van der Waals surface area contributed by atoms with Crippen LogP contribution in [-0.4, -0.2) is 55.9 Å². The first-order chi connectivity index (χ1) is 14.0. The molecule has 156 valence electrons. The summed E-state index contributed by atoms with van der Waals surface area (Å²) in [6.45, 7) is 9.96. The van der Waals surface area contributed by atoms with Crippen LogP contribution >= 0.6 is 12.2 Å². The van der Waals surface area contributed by atoms with Crippen molar-refractivity contribution < 1.29 is 19.2 Å². The molecule has 0 unspecified atom stereocenters. The van der Waals surface area contributed by atoms with E-state index in [1.54, 1.807) is 12.1 Å². The summed E-state index contributed by atoms with van der Waals surface area (Å²) in [4.78, 5) is 16.1. The SMILES string of the molecule is CC[NH+](CC)CCN1C(=S)N[C@@H](c2ccc(OCC#N)cc2)C(C(=O)OC)=C1C. The van der Waals surface area contributed by atoms with E-state index in [0.29, 0.717) is 16.4 Å². The van der Waals surface area contributed by atoms with Crippen molar-refractivity contribution in [1.29, 1.82) is 5.26 Å². The Kier molecular flexibility index (Phi) is 8.43. The second kappa shape index (κ2) is 10.8. The molecular formula is C21H29N4O3S+. The number of esters is 1. The first-order valence-electron chi connectivity index (χ1n) is 9.77. The standard InChI is InChI=1S/C21H28N4O3S/c1-5-24(6-2)12-13-25-15(3)18(20(26)27-4)19(23-21(25)29)16-7-9-17(10-8-16)28-14-11-22/h7-10,19H,5-6,12-14H2,1-4H3,(H,23,29)/p+1/t19-/m0/s1. The molecule has 2 rings (SSSR count). The van der Waals surface area contributed by atoms with Crippen LogP contribution in [-0.2, 0) is 9.53 Å². The van der Waals surface area contributed by atoms with E-state index < -0.39 is 6.04 Å². The second-order valence-electron chi connectivity index (χ2n) is 6.75. The van der Waals surface area contributed by atoms with Crippen LogP contribution in [0.15, 0.2) is 35.5 Å². The van der Waals surface area contributed by atoms with Gasteiger partial charge in [0, 0.05) is 5.70 Å². The highest BCUT2D eigenvalue weighted by molar-refractivity contribution is 7.80. The number of thiocarbonyl (C=S) groups is 1. The fourth-order valence-corrected chi connectivity index (χ4v) is 3.77. The number of methoxy groups -OCH3 is 1. The minimum absolute atomic E-state index is 0.0129. The molecule has 1 heterocycles. The van der Waals surface area contributed by atoms with Crippen molar-refractivity contribution in [2.24, 2.45) is 0 Å². The van der Waals surface area contributed by atoms with Crippen LogP contribution in [0.1, 0.15) is 32.4 Å². The molecule has 0 aromatic heterocycles. The molecule has 1 aromatic rings. The minimum atomic E-state index is -0.406. The molecule has 0 bridgehead atoms.